The van der Waals surface area contributed by atoms with Crippen LogP contribution in [0.1, 0.15) is 41.0 Å². The van der Waals surface area contributed by atoms with Gasteiger partial charge in [0.05, 0.1) is 5.56 Å². The van der Waals surface area contributed by atoms with E-state index in [1.165, 1.54) is 5.56 Å². The monoisotopic (exact) mass is 375 g/mol. The van der Waals surface area contributed by atoms with E-state index < -0.39 is 5.69 Å². The number of nitrogens with zero attached hydrogens (tertiary/aromatic N) is 1. The van der Waals surface area contributed by atoms with Crippen LogP contribution in [0.5, 0.6) is 0 Å². The molecule has 0 atom stereocenters. The van der Waals surface area contributed by atoms with Crippen molar-refractivity contribution in [3.8, 4) is 0 Å². The Morgan fingerprint density at radius 2 is 1.61 bits per heavy atom. The summed E-state index contributed by atoms with van der Waals surface area (Å²) < 4.78 is 0. The van der Waals surface area contributed by atoms with Crippen LogP contribution in [-0.4, -0.2) is 23.1 Å². The van der Waals surface area contributed by atoms with E-state index >= 15 is 0 Å². The zero-order valence-corrected chi connectivity index (χ0v) is 16.1. The number of piperidine rings is 1. The van der Waals surface area contributed by atoms with E-state index in [9.17, 15) is 9.59 Å². The number of aryl methyl sites for hydroxylation is 1. The second-order valence-corrected chi connectivity index (χ2v) is 7.51. The lowest BCUT2D eigenvalue weighted by Crippen LogP contribution is -2.38. The van der Waals surface area contributed by atoms with Gasteiger partial charge in [-0.2, -0.15) is 0 Å². The van der Waals surface area contributed by atoms with Gasteiger partial charge in [-0.25, -0.2) is 4.79 Å². The first kappa shape index (κ1) is 18.3. The second-order valence-electron chi connectivity index (χ2n) is 7.51. The van der Waals surface area contributed by atoms with E-state index in [-0.39, 0.29) is 5.56 Å². The van der Waals surface area contributed by atoms with E-state index in [2.05, 4.69) is 39.1 Å². The highest BCUT2D eigenvalue weighted by Crippen LogP contribution is 2.30. The van der Waals surface area contributed by atoms with Crippen LogP contribution in [0.2, 0.25) is 0 Å². The first-order valence-electron chi connectivity index (χ1n) is 9.81. The molecule has 1 fully saturated rings. The van der Waals surface area contributed by atoms with Gasteiger partial charge in [-0.1, -0.05) is 54.6 Å². The van der Waals surface area contributed by atoms with Gasteiger partial charge in [0.2, 0.25) is 0 Å². The molecule has 28 heavy (non-hydrogen) atoms. The predicted octanol–water partition coefficient (Wildman–Crippen LogP) is 3.35. The molecule has 0 saturated carbocycles. The quantitative estimate of drug-likeness (QED) is 0.735. The number of hydrogen-bond donors (Lipinski definition) is 2. The lowest BCUT2D eigenvalue weighted by atomic mass is 9.89. The summed E-state index contributed by atoms with van der Waals surface area (Å²) in [7, 11) is 0. The number of aromatic nitrogens is 2. The zero-order chi connectivity index (χ0) is 19.5. The summed E-state index contributed by atoms with van der Waals surface area (Å²) in [4.78, 5) is 32.0. The van der Waals surface area contributed by atoms with Crippen molar-refractivity contribution in [2.45, 2.75) is 32.1 Å². The summed E-state index contributed by atoms with van der Waals surface area (Å²) in [6, 6.07) is 18.6. The number of aromatic amines is 2. The average Bonchev–Trinajstić information content (AvgIpc) is 2.72. The number of H-pyrrole nitrogens is 2. The predicted molar refractivity (Wildman–Crippen MR) is 112 cm³/mol. The molecular weight excluding hydrogens is 350 g/mol. The molecule has 1 saturated heterocycles. The Hall–Kier alpha value is -3.08. The van der Waals surface area contributed by atoms with Crippen molar-refractivity contribution < 1.29 is 0 Å². The largest absolute Gasteiger partial charge is 0.358 e. The Balaban J connectivity index is 1.60. The summed E-state index contributed by atoms with van der Waals surface area (Å²) in [5.74, 6) is 1.19. The fourth-order valence-electron chi connectivity index (χ4n) is 4.09. The molecule has 144 valence electrons. The molecule has 0 unspecified atom stereocenters. The number of nitrogens with one attached hydrogen (secondary N) is 2. The van der Waals surface area contributed by atoms with E-state index in [1.807, 2.05) is 37.3 Å². The third kappa shape index (κ3) is 3.79. The number of rotatable bonds is 4. The van der Waals surface area contributed by atoms with Crippen molar-refractivity contribution in [1.29, 1.82) is 0 Å². The fraction of sp³-hybridized carbons (Fsp3) is 0.304. The topological polar surface area (TPSA) is 69.0 Å². The fourth-order valence-corrected chi connectivity index (χ4v) is 4.09. The van der Waals surface area contributed by atoms with Gasteiger partial charge >= 0.3 is 5.69 Å². The van der Waals surface area contributed by atoms with E-state index in [0.717, 1.165) is 37.1 Å². The van der Waals surface area contributed by atoms with Crippen molar-refractivity contribution >= 4 is 5.82 Å². The lowest BCUT2D eigenvalue weighted by Gasteiger charge is -2.34. The zero-order valence-electron chi connectivity index (χ0n) is 16.1. The smallest absolute Gasteiger partial charge is 0.327 e. The Labute approximate surface area is 164 Å². The van der Waals surface area contributed by atoms with E-state index in [4.69, 9.17) is 0 Å². The second kappa shape index (κ2) is 7.89. The highest BCUT2D eigenvalue weighted by Gasteiger charge is 2.24. The van der Waals surface area contributed by atoms with Gasteiger partial charge in [0.1, 0.15) is 5.82 Å². The van der Waals surface area contributed by atoms with Gasteiger partial charge in [0.15, 0.2) is 0 Å². The van der Waals surface area contributed by atoms with Gasteiger partial charge in [0, 0.05) is 19.5 Å². The molecule has 0 radical (unpaired) electrons. The molecular formula is C23H25N3O2. The third-order valence-electron chi connectivity index (χ3n) is 5.73. The molecule has 2 heterocycles. The summed E-state index contributed by atoms with van der Waals surface area (Å²) in [5.41, 5.74) is 3.49. The van der Waals surface area contributed by atoms with Crippen molar-refractivity contribution in [3.05, 3.63) is 97.7 Å². The van der Waals surface area contributed by atoms with Crippen LogP contribution in [0.3, 0.4) is 0 Å². The van der Waals surface area contributed by atoms with Crippen molar-refractivity contribution in [2.75, 3.05) is 18.0 Å². The molecule has 0 spiro atoms. The number of hydrogen-bond acceptors (Lipinski definition) is 3. The Bertz CT molecular complexity index is 1060. The van der Waals surface area contributed by atoms with Crippen LogP contribution >= 0.6 is 0 Å². The SMILES string of the molecule is Cc1ccccc1Cc1c(N2CCC(c3ccccc3)CC2)[nH]c(=O)[nH]c1=O. The maximum Gasteiger partial charge on any atom is 0.327 e. The van der Waals surface area contributed by atoms with Crippen molar-refractivity contribution in [3.63, 3.8) is 0 Å². The minimum atomic E-state index is -0.446. The molecule has 0 amide bonds. The maximum absolute atomic E-state index is 12.6. The lowest BCUT2D eigenvalue weighted by molar-refractivity contribution is 0.501. The van der Waals surface area contributed by atoms with Gasteiger partial charge < -0.3 is 4.90 Å². The van der Waals surface area contributed by atoms with Gasteiger partial charge in [-0.3, -0.25) is 14.8 Å². The van der Waals surface area contributed by atoms with Crippen molar-refractivity contribution in [1.82, 2.24) is 9.97 Å². The first-order chi connectivity index (χ1) is 13.6. The number of anilines is 1. The van der Waals surface area contributed by atoms with Gasteiger partial charge in [-0.05, 0) is 42.4 Å². The van der Waals surface area contributed by atoms with Crippen LogP contribution in [-0.2, 0) is 6.42 Å². The summed E-state index contributed by atoms with van der Waals surface area (Å²) >= 11 is 0. The molecule has 3 aromatic rings. The maximum atomic E-state index is 12.6. The summed E-state index contributed by atoms with van der Waals surface area (Å²) in [6.45, 7) is 3.68. The average molecular weight is 375 g/mol. The van der Waals surface area contributed by atoms with E-state index in [1.54, 1.807) is 0 Å². The molecule has 5 heteroatoms. The Morgan fingerprint density at radius 1 is 0.929 bits per heavy atom. The molecule has 2 aromatic carbocycles. The van der Waals surface area contributed by atoms with Gasteiger partial charge in [-0.15, -0.1) is 0 Å². The van der Waals surface area contributed by atoms with E-state index in [0.29, 0.717) is 23.7 Å². The molecule has 2 N–H and O–H groups in total. The highest BCUT2D eigenvalue weighted by atomic mass is 16.2. The Kier molecular flexibility index (Phi) is 5.15. The van der Waals surface area contributed by atoms with Gasteiger partial charge in [0.25, 0.3) is 5.56 Å². The molecule has 0 bridgehead atoms. The minimum absolute atomic E-state index is 0.299. The summed E-state index contributed by atoms with van der Waals surface area (Å²) in [6.07, 6.45) is 2.51. The molecule has 0 aliphatic carbocycles. The molecule has 4 rings (SSSR count). The number of benzene rings is 2. The first-order valence-corrected chi connectivity index (χ1v) is 9.81. The van der Waals surface area contributed by atoms with Crippen LogP contribution in [0, 0.1) is 6.92 Å². The van der Waals surface area contributed by atoms with Crippen LogP contribution in [0.15, 0.2) is 64.2 Å². The van der Waals surface area contributed by atoms with Crippen LogP contribution in [0.25, 0.3) is 0 Å². The third-order valence-corrected chi connectivity index (χ3v) is 5.73. The molecule has 1 aliphatic rings. The van der Waals surface area contributed by atoms with Crippen LogP contribution in [0.4, 0.5) is 5.82 Å². The molecule has 1 aromatic heterocycles. The Morgan fingerprint density at radius 3 is 2.32 bits per heavy atom. The molecule has 5 nitrogen and oxygen atoms in total. The minimum Gasteiger partial charge on any atom is -0.358 e. The van der Waals surface area contributed by atoms with Crippen LogP contribution < -0.4 is 16.1 Å². The highest BCUT2D eigenvalue weighted by molar-refractivity contribution is 5.49. The summed E-state index contributed by atoms with van der Waals surface area (Å²) in [5, 5.41) is 0. The standard InChI is InChI=1S/C23H25N3O2/c1-16-7-5-6-10-19(16)15-20-21(24-23(28)25-22(20)27)26-13-11-18(12-14-26)17-8-3-2-4-9-17/h2-10,18H,11-15H2,1H3,(H2,24,25,27,28). The van der Waals surface area contributed by atoms with Crippen molar-refractivity contribution in [2.24, 2.45) is 0 Å². The normalized spacial score (nSPS) is 15.0. The molecule has 1 aliphatic heterocycles.